The number of halogens is 1. The molecule has 0 amide bonds. The van der Waals surface area contributed by atoms with Crippen LogP contribution in [-0.4, -0.2) is 26.0 Å². The highest BCUT2D eigenvalue weighted by Gasteiger charge is 2.13. The topological polar surface area (TPSA) is 60.7 Å². The van der Waals surface area contributed by atoms with Gasteiger partial charge in [-0.3, -0.25) is 4.79 Å². The van der Waals surface area contributed by atoms with Crippen molar-refractivity contribution in [2.24, 2.45) is 0 Å². The monoisotopic (exact) mass is 326 g/mol. The molecular formula is C17H15ClN4O. The fourth-order valence-electron chi connectivity index (χ4n) is 2.27. The van der Waals surface area contributed by atoms with Gasteiger partial charge in [0.25, 0.3) is 0 Å². The van der Waals surface area contributed by atoms with Crippen LogP contribution in [-0.2, 0) is 6.54 Å². The normalized spacial score (nSPS) is 10.7. The Bertz CT molecular complexity index is 855. The summed E-state index contributed by atoms with van der Waals surface area (Å²) in [6.07, 6.45) is 0. The number of Topliss-reactive ketones (excluding diaryl/α,β-unsaturated/α-hetero) is 1. The number of carbonyl (C=O) groups is 1. The lowest BCUT2D eigenvalue weighted by molar-refractivity contribution is 0.0960. The second kappa shape index (κ2) is 6.30. The van der Waals surface area contributed by atoms with Crippen molar-refractivity contribution in [2.45, 2.75) is 20.4 Å². The van der Waals surface area contributed by atoms with Gasteiger partial charge in [0.2, 0.25) is 5.82 Å². The third-order valence-electron chi connectivity index (χ3n) is 3.53. The first kappa shape index (κ1) is 15.4. The minimum atomic E-state index is -0.0359. The van der Waals surface area contributed by atoms with E-state index in [2.05, 4.69) is 15.4 Å². The van der Waals surface area contributed by atoms with Gasteiger partial charge >= 0.3 is 0 Å². The molecule has 2 aromatic carbocycles. The van der Waals surface area contributed by atoms with Gasteiger partial charge in [0.05, 0.1) is 0 Å². The molecule has 6 heteroatoms. The highest BCUT2D eigenvalue weighted by molar-refractivity contribution is 6.30. The van der Waals surface area contributed by atoms with E-state index in [4.69, 9.17) is 11.6 Å². The molecule has 0 saturated heterocycles. The predicted molar refractivity (Wildman–Crippen MR) is 88.5 cm³/mol. The fourth-order valence-corrected chi connectivity index (χ4v) is 2.40. The van der Waals surface area contributed by atoms with Gasteiger partial charge in [-0.05, 0) is 55.0 Å². The second-order valence-corrected chi connectivity index (χ2v) is 5.83. The molecule has 0 aliphatic rings. The van der Waals surface area contributed by atoms with E-state index in [0.29, 0.717) is 16.4 Å². The van der Waals surface area contributed by atoms with E-state index in [1.807, 2.05) is 44.2 Å². The van der Waals surface area contributed by atoms with E-state index >= 15 is 0 Å². The van der Waals surface area contributed by atoms with E-state index in [0.717, 1.165) is 16.7 Å². The molecule has 0 spiro atoms. The summed E-state index contributed by atoms with van der Waals surface area (Å²) in [5, 5.41) is 12.8. The molecule has 3 aromatic rings. The lowest BCUT2D eigenvalue weighted by Gasteiger charge is -2.05. The number of rotatable bonds is 4. The van der Waals surface area contributed by atoms with Crippen molar-refractivity contribution in [3.8, 4) is 11.4 Å². The quantitative estimate of drug-likeness (QED) is 0.688. The largest absolute Gasteiger partial charge is 0.292 e. The van der Waals surface area contributed by atoms with Crippen molar-refractivity contribution >= 4 is 17.4 Å². The van der Waals surface area contributed by atoms with Crippen LogP contribution in [0.5, 0.6) is 0 Å². The van der Waals surface area contributed by atoms with E-state index in [9.17, 15) is 4.79 Å². The maximum Gasteiger partial charge on any atom is 0.204 e. The fraction of sp³-hybridized carbons (Fsp3) is 0.176. The molecule has 0 aliphatic carbocycles. The van der Waals surface area contributed by atoms with Crippen LogP contribution < -0.4 is 0 Å². The summed E-state index contributed by atoms with van der Waals surface area (Å²) in [7, 11) is 0. The van der Waals surface area contributed by atoms with Gasteiger partial charge in [0, 0.05) is 16.1 Å². The predicted octanol–water partition coefficient (Wildman–Crippen LogP) is 3.49. The number of tetrazole rings is 1. The number of aryl methyl sites for hydroxylation is 2. The number of carbonyl (C=O) groups excluding carboxylic acids is 1. The molecule has 116 valence electrons. The third kappa shape index (κ3) is 3.46. The third-order valence-corrected chi connectivity index (χ3v) is 3.79. The van der Waals surface area contributed by atoms with Crippen molar-refractivity contribution in [1.82, 2.24) is 20.2 Å². The molecule has 1 heterocycles. The second-order valence-electron chi connectivity index (χ2n) is 5.39. The Balaban J connectivity index is 1.80. The summed E-state index contributed by atoms with van der Waals surface area (Å²) in [4.78, 5) is 13.7. The van der Waals surface area contributed by atoms with Crippen LogP contribution in [0.25, 0.3) is 11.4 Å². The molecule has 23 heavy (non-hydrogen) atoms. The van der Waals surface area contributed by atoms with Crippen molar-refractivity contribution in [3.05, 3.63) is 64.2 Å². The molecule has 0 aliphatic heterocycles. The molecule has 0 saturated carbocycles. The summed E-state index contributed by atoms with van der Waals surface area (Å²) in [6.45, 7) is 3.94. The van der Waals surface area contributed by atoms with Crippen LogP contribution in [0.15, 0.2) is 42.5 Å². The van der Waals surface area contributed by atoms with Crippen LogP contribution >= 0.6 is 11.6 Å². The number of ketones is 1. The summed E-state index contributed by atoms with van der Waals surface area (Å²) < 4.78 is 0. The maximum atomic E-state index is 12.4. The van der Waals surface area contributed by atoms with Crippen molar-refractivity contribution in [3.63, 3.8) is 0 Å². The SMILES string of the molecule is Cc1ccc(C)c(C(=O)Cn2nnc(-c3ccc(Cl)cc3)n2)c1. The van der Waals surface area contributed by atoms with Gasteiger partial charge in [-0.25, -0.2) is 0 Å². The van der Waals surface area contributed by atoms with Crippen LogP contribution in [0.2, 0.25) is 5.02 Å². The van der Waals surface area contributed by atoms with Crippen LogP contribution in [0, 0.1) is 13.8 Å². The number of nitrogens with zero attached hydrogens (tertiary/aromatic N) is 4. The zero-order valence-electron chi connectivity index (χ0n) is 12.8. The van der Waals surface area contributed by atoms with Gasteiger partial charge < -0.3 is 0 Å². The Morgan fingerprint density at radius 2 is 1.87 bits per heavy atom. The Kier molecular flexibility index (Phi) is 4.21. The highest BCUT2D eigenvalue weighted by atomic mass is 35.5. The minimum Gasteiger partial charge on any atom is -0.292 e. The Morgan fingerprint density at radius 1 is 1.13 bits per heavy atom. The first-order valence-electron chi connectivity index (χ1n) is 7.17. The molecule has 1 aromatic heterocycles. The van der Waals surface area contributed by atoms with E-state index in [-0.39, 0.29) is 12.3 Å². The van der Waals surface area contributed by atoms with E-state index < -0.39 is 0 Å². The molecule has 0 atom stereocenters. The lowest BCUT2D eigenvalue weighted by Crippen LogP contribution is -2.14. The van der Waals surface area contributed by atoms with Gasteiger partial charge in [0.1, 0.15) is 6.54 Å². The zero-order chi connectivity index (χ0) is 16.4. The van der Waals surface area contributed by atoms with Crippen LogP contribution in [0.4, 0.5) is 0 Å². The molecule has 0 bridgehead atoms. The molecule has 3 rings (SSSR count). The zero-order valence-corrected chi connectivity index (χ0v) is 13.6. The van der Waals surface area contributed by atoms with Gasteiger partial charge in [0.15, 0.2) is 5.78 Å². The Morgan fingerprint density at radius 3 is 2.61 bits per heavy atom. The summed E-state index contributed by atoms with van der Waals surface area (Å²) in [6, 6.07) is 13.0. The molecule has 0 radical (unpaired) electrons. The van der Waals surface area contributed by atoms with E-state index in [1.165, 1.54) is 4.80 Å². The number of hydrogen-bond donors (Lipinski definition) is 0. The first-order valence-corrected chi connectivity index (χ1v) is 7.55. The number of hydrogen-bond acceptors (Lipinski definition) is 4. The van der Waals surface area contributed by atoms with Crippen LogP contribution in [0.1, 0.15) is 21.5 Å². The highest BCUT2D eigenvalue weighted by Crippen LogP contribution is 2.17. The molecular weight excluding hydrogens is 312 g/mol. The summed E-state index contributed by atoms with van der Waals surface area (Å²) >= 11 is 5.86. The van der Waals surface area contributed by atoms with Gasteiger partial charge in [-0.2, -0.15) is 4.80 Å². The Hall–Kier alpha value is -2.53. The summed E-state index contributed by atoms with van der Waals surface area (Å²) in [5.41, 5.74) is 3.49. The van der Waals surface area contributed by atoms with Crippen molar-refractivity contribution < 1.29 is 4.79 Å². The average molecular weight is 327 g/mol. The minimum absolute atomic E-state index is 0.0359. The van der Waals surface area contributed by atoms with Gasteiger partial charge in [-0.15, -0.1) is 10.2 Å². The van der Waals surface area contributed by atoms with Gasteiger partial charge in [-0.1, -0.05) is 29.3 Å². The molecule has 0 fully saturated rings. The average Bonchev–Trinajstić information content (AvgIpc) is 2.99. The van der Waals surface area contributed by atoms with Crippen molar-refractivity contribution in [1.29, 1.82) is 0 Å². The first-order chi connectivity index (χ1) is 11.0. The molecule has 5 nitrogen and oxygen atoms in total. The number of benzene rings is 2. The smallest absolute Gasteiger partial charge is 0.204 e. The molecule has 0 N–H and O–H groups in total. The molecule has 0 unspecified atom stereocenters. The summed E-state index contributed by atoms with van der Waals surface area (Å²) in [5.74, 6) is 0.432. The van der Waals surface area contributed by atoms with Crippen molar-refractivity contribution in [2.75, 3.05) is 0 Å². The number of aromatic nitrogens is 4. The maximum absolute atomic E-state index is 12.4. The Labute approximate surface area is 138 Å². The van der Waals surface area contributed by atoms with E-state index in [1.54, 1.807) is 12.1 Å². The standard InChI is InChI=1S/C17H15ClN4O/c1-11-3-4-12(2)15(9-11)16(23)10-22-20-17(19-21-22)13-5-7-14(18)8-6-13/h3-9H,10H2,1-2H3. The van der Waals surface area contributed by atoms with Crippen LogP contribution in [0.3, 0.4) is 0 Å². The lowest BCUT2D eigenvalue weighted by atomic mass is 10.0.